The van der Waals surface area contributed by atoms with Crippen molar-refractivity contribution in [2.24, 2.45) is 5.92 Å². The summed E-state index contributed by atoms with van der Waals surface area (Å²) in [5, 5.41) is 4.12. The maximum atomic E-state index is 12.2. The van der Waals surface area contributed by atoms with Crippen molar-refractivity contribution in [1.29, 1.82) is 0 Å². The third-order valence-electron chi connectivity index (χ3n) is 4.30. The van der Waals surface area contributed by atoms with Gasteiger partial charge >= 0.3 is 0 Å². The van der Waals surface area contributed by atoms with Crippen LogP contribution in [0.25, 0.3) is 10.1 Å². The van der Waals surface area contributed by atoms with E-state index in [0.717, 1.165) is 34.6 Å². The fourth-order valence-electron chi connectivity index (χ4n) is 2.71. The molecule has 0 saturated heterocycles. The van der Waals surface area contributed by atoms with Crippen LogP contribution in [0.1, 0.15) is 55.6 Å². The van der Waals surface area contributed by atoms with Gasteiger partial charge in [-0.3, -0.25) is 4.79 Å². The van der Waals surface area contributed by atoms with E-state index in [1.165, 1.54) is 25.7 Å². The number of carbonyl (C=O) groups is 1. The van der Waals surface area contributed by atoms with E-state index in [2.05, 4.69) is 19.2 Å². The van der Waals surface area contributed by atoms with Gasteiger partial charge in [0.25, 0.3) is 5.91 Å². The third-order valence-corrected chi connectivity index (χ3v) is 5.41. The van der Waals surface area contributed by atoms with Gasteiger partial charge < -0.3 is 10.1 Å². The van der Waals surface area contributed by atoms with Gasteiger partial charge in [0.2, 0.25) is 0 Å². The highest BCUT2D eigenvalue weighted by Crippen LogP contribution is 2.24. The molecule has 0 saturated carbocycles. The zero-order valence-electron chi connectivity index (χ0n) is 14.8. The van der Waals surface area contributed by atoms with Crippen molar-refractivity contribution in [1.82, 2.24) is 5.32 Å². The number of nitrogens with one attached hydrogen (secondary N) is 1. The number of unbranched alkanes of at least 4 members (excludes halogenated alkanes) is 1. The Labute approximate surface area is 149 Å². The first kappa shape index (κ1) is 18.9. The lowest BCUT2D eigenvalue weighted by Gasteiger charge is -2.14. The van der Waals surface area contributed by atoms with Gasteiger partial charge in [-0.15, -0.1) is 11.3 Å². The number of carbonyl (C=O) groups excluding carboxylic acids is 1. The molecule has 132 valence electrons. The molecule has 0 aliphatic heterocycles. The van der Waals surface area contributed by atoms with Crippen molar-refractivity contribution in [3.05, 3.63) is 35.2 Å². The molecule has 1 aromatic heterocycles. The second-order valence-electron chi connectivity index (χ2n) is 6.25. The molecule has 0 aliphatic rings. The summed E-state index contributed by atoms with van der Waals surface area (Å²) in [5.74, 6) is 0.698. The zero-order chi connectivity index (χ0) is 17.2. The summed E-state index contributed by atoms with van der Waals surface area (Å²) in [6.07, 6.45) is 5.84. The molecule has 2 aromatic rings. The van der Waals surface area contributed by atoms with Crippen LogP contribution in [-0.2, 0) is 4.74 Å². The Hall–Kier alpha value is -1.39. The highest BCUT2D eigenvalue weighted by Gasteiger charge is 2.09. The Balaban J connectivity index is 1.62. The number of hydrogen-bond acceptors (Lipinski definition) is 3. The first-order chi connectivity index (χ1) is 11.7. The monoisotopic (exact) mass is 347 g/mol. The Morgan fingerprint density at radius 1 is 1.25 bits per heavy atom. The number of benzene rings is 1. The fraction of sp³-hybridized carbons (Fsp3) is 0.550. The van der Waals surface area contributed by atoms with Gasteiger partial charge in [0.15, 0.2) is 0 Å². The predicted octanol–water partition coefficient (Wildman–Crippen LogP) is 5.25. The number of amides is 1. The smallest absolute Gasteiger partial charge is 0.261 e. The van der Waals surface area contributed by atoms with Crippen LogP contribution in [0.15, 0.2) is 30.3 Å². The molecule has 0 bridgehead atoms. The van der Waals surface area contributed by atoms with Crippen LogP contribution in [0.2, 0.25) is 0 Å². The van der Waals surface area contributed by atoms with Crippen LogP contribution in [-0.4, -0.2) is 25.7 Å². The summed E-state index contributed by atoms with van der Waals surface area (Å²) in [5.41, 5.74) is 0. The molecule has 1 aromatic carbocycles. The first-order valence-corrected chi connectivity index (χ1v) is 9.90. The van der Waals surface area contributed by atoms with Gasteiger partial charge in [0.05, 0.1) is 4.88 Å². The fourth-order valence-corrected chi connectivity index (χ4v) is 3.68. The minimum absolute atomic E-state index is 0.0191. The summed E-state index contributed by atoms with van der Waals surface area (Å²) >= 11 is 1.54. The quantitative estimate of drug-likeness (QED) is 0.563. The lowest BCUT2D eigenvalue weighted by atomic mass is 10.0. The van der Waals surface area contributed by atoms with Crippen molar-refractivity contribution >= 4 is 27.3 Å². The summed E-state index contributed by atoms with van der Waals surface area (Å²) < 4.78 is 6.93. The number of rotatable bonds is 11. The summed E-state index contributed by atoms with van der Waals surface area (Å²) in [6, 6.07) is 10.1. The molecule has 1 amide bonds. The van der Waals surface area contributed by atoms with Crippen molar-refractivity contribution < 1.29 is 9.53 Å². The molecule has 4 heteroatoms. The normalized spacial score (nSPS) is 12.4. The van der Waals surface area contributed by atoms with Gasteiger partial charge in [0, 0.05) is 24.5 Å². The van der Waals surface area contributed by atoms with Crippen molar-refractivity contribution in [3.63, 3.8) is 0 Å². The standard InChI is InChI=1S/C20H29NO2S/c1-3-5-9-16(4-2)15-23-13-8-12-21-20(22)19-14-17-10-6-7-11-18(17)24-19/h6-7,10-11,14,16H,3-5,8-9,12-13,15H2,1-2H3,(H,21,22). The highest BCUT2D eigenvalue weighted by molar-refractivity contribution is 7.20. The van der Waals surface area contributed by atoms with E-state index in [1.54, 1.807) is 11.3 Å². The zero-order valence-corrected chi connectivity index (χ0v) is 15.7. The Bertz CT molecular complexity index is 590. The molecule has 1 N–H and O–H groups in total. The highest BCUT2D eigenvalue weighted by atomic mass is 32.1. The molecule has 2 rings (SSSR count). The van der Waals surface area contributed by atoms with E-state index in [9.17, 15) is 4.79 Å². The minimum Gasteiger partial charge on any atom is -0.381 e. The van der Waals surface area contributed by atoms with Crippen molar-refractivity contribution in [3.8, 4) is 0 Å². The van der Waals surface area contributed by atoms with Crippen molar-refractivity contribution in [2.75, 3.05) is 19.8 Å². The molecular formula is C20H29NO2S. The molecule has 3 nitrogen and oxygen atoms in total. The van der Waals surface area contributed by atoms with Gasteiger partial charge in [0.1, 0.15) is 0 Å². The number of thiophene rings is 1. The average Bonchev–Trinajstić information content (AvgIpc) is 3.04. The molecular weight excluding hydrogens is 318 g/mol. The molecule has 1 heterocycles. The molecule has 24 heavy (non-hydrogen) atoms. The number of fused-ring (bicyclic) bond motifs is 1. The first-order valence-electron chi connectivity index (χ1n) is 9.09. The molecule has 0 aliphatic carbocycles. The van der Waals surface area contributed by atoms with Crippen LogP contribution in [0, 0.1) is 5.92 Å². The third kappa shape index (κ3) is 5.91. The lowest BCUT2D eigenvalue weighted by molar-refractivity contribution is 0.0877. The van der Waals surface area contributed by atoms with Gasteiger partial charge in [-0.1, -0.05) is 51.3 Å². The largest absolute Gasteiger partial charge is 0.381 e. The molecule has 0 radical (unpaired) electrons. The molecule has 0 fully saturated rings. The number of hydrogen-bond donors (Lipinski definition) is 1. The summed E-state index contributed by atoms with van der Waals surface area (Å²) in [4.78, 5) is 13.0. The van der Waals surface area contributed by atoms with Gasteiger partial charge in [-0.05, 0) is 36.3 Å². The second kappa shape index (κ2) is 10.5. The van der Waals surface area contributed by atoms with Crippen LogP contribution in [0.3, 0.4) is 0 Å². The molecule has 0 spiro atoms. The van der Waals surface area contributed by atoms with Gasteiger partial charge in [-0.25, -0.2) is 0 Å². The predicted molar refractivity (Wildman–Crippen MR) is 103 cm³/mol. The SMILES string of the molecule is CCCCC(CC)COCCCNC(=O)c1cc2ccccc2s1. The lowest BCUT2D eigenvalue weighted by Crippen LogP contribution is -2.24. The Kier molecular flexibility index (Phi) is 8.26. The second-order valence-corrected chi connectivity index (χ2v) is 7.33. The summed E-state index contributed by atoms with van der Waals surface area (Å²) in [6.45, 7) is 6.69. The maximum Gasteiger partial charge on any atom is 0.261 e. The van der Waals surface area contributed by atoms with E-state index in [4.69, 9.17) is 4.74 Å². The Morgan fingerprint density at radius 3 is 2.83 bits per heavy atom. The van der Waals surface area contributed by atoms with E-state index in [0.29, 0.717) is 12.5 Å². The minimum atomic E-state index is 0.0191. The maximum absolute atomic E-state index is 12.2. The number of ether oxygens (including phenoxy) is 1. The van der Waals surface area contributed by atoms with E-state index < -0.39 is 0 Å². The van der Waals surface area contributed by atoms with E-state index >= 15 is 0 Å². The Morgan fingerprint density at radius 2 is 2.08 bits per heavy atom. The molecule has 1 unspecified atom stereocenters. The molecule has 1 atom stereocenters. The van der Waals surface area contributed by atoms with Crippen LogP contribution in [0.4, 0.5) is 0 Å². The van der Waals surface area contributed by atoms with E-state index in [-0.39, 0.29) is 5.91 Å². The van der Waals surface area contributed by atoms with Crippen LogP contribution < -0.4 is 5.32 Å². The van der Waals surface area contributed by atoms with Crippen LogP contribution in [0.5, 0.6) is 0 Å². The average molecular weight is 348 g/mol. The van der Waals surface area contributed by atoms with Crippen LogP contribution >= 0.6 is 11.3 Å². The van der Waals surface area contributed by atoms with E-state index in [1.807, 2.05) is 30.3 Å². The van der Waals surface area contributed by atoms with Gasteiger partial charge in [-0.2, -0.15) is 0 Å². The topological polar surface area (TPSA) is 38.3 Å². The van der Waals surface area contributed by atoms with Crippen molar-refractivity contribution in [2.45, 2.75) is 46.0 Å². The summed E-state index contributed by atoms with van der Waals surface area (Å²) in [7, 11) is 0.